The van der Waals surface area contributed by atoms with Crippen molar-refractivity contribution in [2.24, 2.45) is 0 Å². The van der Waals surface area contributed by atoms with Crippen molar-refractivity contribution in [2.75, 3.05) is 0 Å². The second-order valence-electron chi connectivity index (χ2n) is 5.06. The number of aliphatic carboxylic acids is 1. The van der Waals surface area contributed by atoms with Crippen LogP contribution in [-0.4, -0.2) is 36.7 Å². The quantitative estimate of drug-likeness (QED) is 0.621. The summed E-state index contributed by atoms with van der Waals surface area (Å²) < 4.78 is 1.33. The topological polar surface area (TPSA) is 130 Å². The average molecular weight is 339 g/mol. The molecule has 0 bridgehead atoms. The van der Waals surface area contributed by atoms with Crippen molar-refractivity contribution in [3.63, 3.8) is 0 Å². The molecule has 0 aliphatic heterocycles. The van der Waals surface area contributed by atoms with Gasteiger partial charge in [-0.15, -0.1) is 0 Å². The summed E-state index contributed by atoms with van der Waals surface area (Å²) in [6.45, 7) is 0. The molecule has 25 heavy (non-hydrogen) atoms. The lowest BCUT2D eigenvalue weighted by atomic mass is 10.1. The molecule has 0 saturated heterocycles. The van der Waals surface area contributed by atoms with E-state index < -0.39 is 23.5 Å². The van der Waals surface area contributed by atoms with E-state index in [-0.39, 0.29) is 11.5 Å². The van der Waals surface area contributed by atoms with Crippen LogP contribution >= 0.6 is 0 Å². The van der Waals surface area contributed by atoms with E-state index in [0.29, 0.717) is 5.56 Å². The van der Waals surface area contributed by atoms with Gasteiger partial charge in [0.15, 0.2) is 6.04 Å². The number of benzene rings is 1. The van der Waals surface area contributed by atoms with Crippen molar-refractivity contribution in [3.8, 4) is 5.95 Å². The van der Waals surface area contributed by atoms with E-state index in [2.05, 4.69) is 20.4 Å². The number of carboxylic acids is 1. The van der Waals surface area contributed by atoms with Crippen molar-refractivity contribution in [1.29, 1.82) is 0 Å². The smallest absolute Gasteiger partial charge is 0.330 e. The van der Waals surface area contributed by atoms with E-state index in [0.717, 1.165) is 6.20 Å². The van der Waals surface area contributed by atoms with Crippen LogP contribution in [0.5, 0.6) is 0 Å². The third-order valence-electron chi connectivity index (χ3n) is 3.41. The maximum absolute atomic E-state index is 12.3. The molecule has 1 aromatic carbocycles. The second-order valence-corrected chi connectivity index (χ2v) is 5.06. The third kappa shape index (κ3) is 3.44. The fraction of sp³-hybridized carbons (Fsp3) is 0.0625. The summed E-state index contributed by atoms with van der Waals surface area (Å²) in [6, 6.07) is 8.56. The molecule has 9 heteroatoms. The molecule has 0 saturated carbocycles. The fourth-order valence-electron chi connectivity index (χ4n) is 2.20. The second kappa shape index (κ2) is 6.79. The molecule has 0 radical (unpaired) electrons. The third-order valence-corrected chi connectivity index (χ3v) is 3.41. The van der Waals surface area contributed by atoms with Crippen LogP contribution in [0.25, 0.3) is 5.95 Å². The molecule has 3 aromatic rings. The molecule has 0 fully saturated rings. The van der Waals surface area contributed by atoms with Crippen LogP contribution in [0.15, 0.2) is 59.8 Å². The van der Waals surface area contributed by atoms with Crippen molar-refractivity contribution in [2.45, 2.75) is 6.04 Å². The number of hydrogen-bond donors (Lipinski definition) is 3. The summed E-state index contributed by atoms with van der Waals surface area (Å²) in [5, 5.41) is 15.6. The zero-order valence-electron chi connectivity index (χ0n) is 12.8. The van der Waals surface area contributed by atoms with Gasteiger partial charge in [-0.3, -0.25) is 14.6 Å². The molecular formula is C16H13N5O4. The number of aromatic nitrogens is 4. The van der Waals surface area contributed by atoms with Crippen LogP contribution in [-0.2, 0) is 4.79 Å². The number of carboxylic acid groups (broad SMARTS) is 1. The minimum Gasteiger partial charge on any atom is -0.479 e. The molecule has 3 N–H and O–H groups in total. The zero-order valence-corrected chi connectivity index (χ0v) is 12.8. The lowest BCUT2D eigenvalue weighted by Crippen LogP contribution is -2.37. The molecule has 0 spiro atoms. The van der Waals surface area contributed by atoms with Gasteiger partial charge < -0.3 is 10.4 Å². The Balaban J connectivity index is 1.85. The number of H-pyrrole nitrogens is 1. The van der Waals surface area contributed by atoms with Crippen LogP contribution in [0, 0.1) is 0 Å². The fourth-order valence-corrected chi connectivity index (χ4v) is 2.20. The number of nitrogens with zero attached hydrogens (tertiary/aromatic N) is 3. The van der Waals surface area contributed by atoms with E-state index >= 15 is 0 Å². The summed E-state index contributed by atoms with van der Waals surface area (Å²) in [5.41, 5.74) is -0.603. The molecule has 0 aliphatic carbocycles. The van der Waals surface area contributed by atoms with E-state index in [4.69, 9.17) is 0 Å². The van der Waals surface area contributed by atoms with Crippen LogP contribution in [0.2, 0.25) is 0 Å². The molecule has 126 valence electrons. The van der Waals surface area contributed by atoms with Crippen molar-refractivity contribution >= 4 is 11.9 Å². The van der Waals surface area contributed by atoms with Crippen LogP contribution < -0.4 is 10.9 Å². The Labute approximate surface area is 141 Å². The Kier molecular flexibility index (Phi) is 4.38. The maximum Gasteiger partial charge on any atom is 0.330 e. The first kappa shape index (κ1) is 16.1. The highest BCUT2D eigenvalue weighted by Gasteiger charge is 2.24. The summed E-state index contributed by atoms with van der Waals surface area (Å²) in [7, 11) is 0. The van der Waals surface area contributed by atoms with Crippen LogP contribution in [0.3, 0.4) is 0 Å². The van der Waals surface area contributed by atoms with Gasteiger partial charge in [-0.2, -0.15) is 5.10 Å². The first-order chi connectivity index (χ1) is 12.1. The molecule has 3 rings (SSSR count). The van der Waals surface area contributed by atoms with Gasteiger partial charge in [0.1, 0.15) is 5.56 Å². The number of amides is 1. The van der Waals surface area contributed by atoms with Crippen LogP contribution in [0.1, 0.15) is 22.0 Å². The maximum atomic E-state index is 12.3. The van der Waals surface area contributed by atoms with Gasteiger partial charge in [-0.05, 0) is 11.6 Å². The molecule has 2 aromatic heterocycles. The number of carbonyl (C=O) groups is 2. The van der Waals surface area contributed by atoms with Gasteiger partial charge in [0, 0.05) is 18.6 Å². The molecule has 2 heterocycles. The van der Waals surface area contributed by atoms with Gasteiger partial charge in [0.2, 0.25) is 5.95 Å². The SMILES string of the molecule is O=C(N[C@@H](C(=O)O)c1ccccc1)c1cnc(-n2cccn2)[nH]c1=O. The standard InChI is InChI=1S/C16H13N5O4/c22-13(19-12(15(24)25)10-5-2-1-3-6-10)11-9-17-16(20-14(11)23)21-8-4-7-18-21/h1-9,12H,(H,19,22)(H,24,25)(H,17,20,23)/t12-/m1/s1. The Morgan fingerprint density at radius 2 is 1.96 bits per heavy atom. The number of nitrogens with one attached hydrogen (secondary N) is 2. The lowest BCUT2D eigenvalue weighted by molar-refractivity contribution is -0.139. The predicted octanol–water partition coefficient (Wildman–Crippen LogP) is 0.511. The van der Waals surface area contributed by atoms with Gasteiger partial charge >= 0.3 is 5.97 Å². The largest absolute Gasteiger partial charge is 0.479 e. The summed E-state index contributed by atoms with van der Waals surface area (Å²) >= 11 is 0. The van der Waals surface area contributed by atoms with Gasteiger partial charge in [-0.1, -0.05) is 30.3 Å². The van der Waals surface area contributed by atoms with Gasteiger partial charge in [0.25, 0.3) is 11.5 Å². The molecule has 9 nitrogen and oxygen atoms in total. The van der Waals surface area contributed by atoms with Crippen LogP contribution in [0.4, 0.5) is 0 Å². The molecule has 1 atom stereocenters. The zero-order chi connectivity index (χ0) is 17.8. The highest BCUT2D eigenvalue weighted by atomic mass is 16.4. The highest BCUT2D eigenvalue weighted by Crippen LogP contribution is 2.13. The highest BCUT2D eigenvalue weighted by molar-refractivity contribution is 5.96. The number of rotatable bonds is 5. The van der Waals surface area contributed by atoms with Crippen molar-refractivity contribution < 1.29 is 14.7 Å². The van der Waals surface area contributed by atoms with Gasteiger partial charge in [-0.25, -0.2) is 14.5 Å². The minimum absolute atomic E-state index is 0.143. The first-order valence-corrected chi connectivity index (χ1v) is 7.24. The number of aromatic amines is 1. The predicted molar refractivity (Wildman–Crippen MR) is 86.3 cm³/mol. The summed E-state index contributed by atoms with van der Waals surface area (Å²) in [4.78, 5) is 42.2. The Hall–Kier alpha value is -3.75. The lowest BCUT2D eigenvalue weighted by Gasteiger charge is -2.14. The van der Waals surface area contributed by atoms with E-state index in [9.17, 15) is 19.5 Å². The molecular weight excluding hydrogens is 326 g/mol. The Morgan fingerprint density at radius 3 is 2.56 bits per heavy atom. The minimum atomic E-state index is -1.28. The number of hydrogen-bond acceptors (Lipinski definition) is 5. The summed E-state index contributed by atoms with van der Waals surface area (Å²) in [6.07, 6.45) is 4.17. The molecule has 1 amide bonds. The summed E-state index contributed by atoms with van der Waals surface area (Å²) in [5.74, 6) is -1.93. The van der Waals surface area contributed by atoms with Crippen molar-refractivity contribution in [3.05, 3.63) is 76.5 Å². The van der Waals surface area contributed by atoms with Gasteiger partial charge in [0.05, 0.1) is 0 Å². The van der Waals surface area contributed by atoms with Crippen molar-refractivity contribution in [1.82, 2.24) is 25.1 Å². The Bertz CT molecular complexity index is 950. The monoisotopic (exact) mass is 339 g/mol. The van der Waals surface area contributed by atoms with E-state index in [1.165, 1.54) is 10.9 Å². The first-order valence-electron chi connectivity index (χ1n) is 7.24. The molecule has 0 unspecified atom stereocenters. The number of carbonyl (C=O) groups excluding carboxylic acids is 1. The van der Waals surface area contributed by atoms with E-state index in [1.54, 1.807) is 42.6 Å². The molecule has 0 aliphatic rings. The normalized spacial score (nSPS) is 11.7. The van der Waals surface area contributed by atoms with E-state index in [1.807, 2.05) is 0 Å². The Morgan fingerprint density at radius 1 is 1.20 bits per heavy atom. The average Bonchev–Trinajstić information content (AvgIpc) is 3.14.